The highest BCUT2D eigenvalue weighted by molar-refractivity contribution is 6.29. The van der Waals surface area contributed by atoms with E-state index in [-0.39, 0.29) is 29.8 Å². The van der Waals surface area contributed by atoms with E-state index < -0.39 is 0 Å². The van der Waals surface area contributed by atoms with Crippen LogP contribution in [-0.2, 0) is 11.2 Å². The highest BCUT2D eigenvalue weighted by atomic mass is 35.5. The van der Waals surface area contributed by atoms with Gasteiger partial charge in [0.25, 0.3) is 5.91 Å². The van der Waals surface area contributed by atoms with E-state index in [0.29, 0.717) is 24.9 Å². The van der Waals surface area contributed by atoms with Gasteiger partial charge in [0.1, 0.15) is 5.88 Å². The van der Waals surface area contributed by atoms with Crippen molar-refractivity contribution in [1.29, 1.82) is 0 Å². The summed E-state index contributed by atoms with van der Waals surface area (Å²) in [4.78, 5) is 30.0. The van der Waals surface area contributed by atoms with Gasteiger partial charge < -0.3 is 9.80 Å². The number of alkyl halides is 1. The van der Waals surface area contributed by atoms with Gasteiger partial charge in [-0.3, -0.25) is 9.59 Å². The summed E-state index contributed by atoms with van der Waals surface area (Å²) >= 11 is 5.99. The predicted octanol–water partition coefficient (Wildman–Crippen LogP) is 5.17. The molecular weight excluding hydrogens is 420 g/mol. The van der Waals surface area contributed by atoms with Crippen molar-refractivity contribution in [3.8, 4) is 0 Å². The first-order chi connectivity index (χ1) is 15.7. The zero-order valence-electron chi connectivity index (χ0n) is 17.9. The number of piperidine rings is 1. The van der Waals surface area contributed by atoms with Crippen molar-refractivity contribution in [1.82, 2.24) is 4.90 Å². The van der Waals surface area contributed by atoms with Crippen molar-refractivity contribution in [2.45, 2.75) is 31.3 Å². The Morgan fingerprint density at radius 2 is 1.47 bits per heavy atom. The lowest BCUT2D eigenvalue weighted by molar-refractivity contribution is -0.117. The second-order valence-electron chi connectivity index (χ2n) is 8.12. The van der Waals surface area contributed by atoms with Crippen molar-refractivity contribution < 1.29 is 9.59 Å². The van der Waals surface area contributed by atoms with Crippen molar-refractivity contribution in [3.63, 3.8) is 0 Å². The van der Waals surface area contributed by atoms with E-state index in [1.165, 1.54) is 5.56 Å². The number of hydrogen-bond acceptors (Lipinski definition) is 2. The Balaban J connectivity index is 1.63. The number of amides is 2. The number of likely N-dealkylation sites (tertiary alicyclic amines) is 1. The summed E-state index contributed by atoms with van der Waals surface area (Å²) in [7, 11) is 0. The molecule has 1 fully saturated rings. The molecule has 4 nitrogen and oxygen atoms in total. The highest BCUT2D eigenvalue weighted by Gasteiger charge is 2.36. The molecule has 164 valence electrons. The van der Waals surface area contributed by atoms with Gasteiger partial charge >= 0.3 is 0 Å². The molecule has 3 aromatic rings. The smallest absolute Gasteiger partial charge is 0.254 e. The normalized spacial score (nSPS) is 18.2. The summed E-state index contributed by atoms with van der Waals surface area (Å²) in [5, 5.41) is 0. The minimum absolute atomic E-state index is 0.0156. The Bertz CT molecular complexity index is 1030. The fourth-order valence-corrected chi connectivity index (χ4v) is 4.70. The zero-order valence-corrected chi connectivity index (χ0v) is 18.7. The summed E-state index contributed by atoms with van der Waals surface area (Å²) in [6.07, 6.45) is 2.15. The summed E-state index contributed by atoms with van der Waals surface area (Å²) < 4.78 is 0. The van der Waals surface area contributed by atoms with Crippen molar-refractivity contribution in [3.05, 3.63) is 102 Å². The molecule has 0 bridgehead atoms. The second kappa shape index (κ2) is 10.5. The highest BCUT2D eigenvalue weighted by Crippen LogP contribution is 2.30. The van der Waals surface area contributed by atoms with Crippen LogP contribution in [-0.4, -0.2) is 41.2 Å². The van der Waals surface area contributed by atoms with Gasteiger partial charge in [0.2, 0.25) is 5.91 Å². The number of anilines is 1. The first kappa shape index (κ1) is 22.1. The number of para-hydroxylation sites is 1. The average Bonchev–Trinajstić information content (AvgIpc) is 2.86. The quantitative estimate of drug-likeness (QED) is 0.490. The molecule has 0 saturated carbocycles. The third-order valence-corrected chi connectivity index (χ3v) is 6.30. The molecule has 2 amide bonds. The number of halogens is 1. The maximum absolute atomic E-state index is 13.4. The summed E-state index contributed by atoms with van der Waals surface area (Å²) in [6.45, 7) is 0.592. The van der Waals surface area contributed by atoms with Gasteiger partial charge in [-0.2, -0.15) is 0 Å². The lowest BCUT2D eigenvalue weighted by Gasteiger charge is -2.43. The van der Waals surface area contributed by atoms with Gasteiger partial charge in [-0.25, -0.2) is 0 Å². The van der Waals surface area contributed by atoms with Gasteiger partial charge in [0.15, 0.2) is 0 Å². The van der Waals surface area contributed by atoms with Gasteiger partial charge in [0, 0.05) is 29.9 Å². The van der Waals surface area contributed by atoms with Crippen molar-refractivity contribution in [2.24, 2.45) is 0 Å². The lowest BCUT2D eigenvalue weighted by Crippen LogP contribution is -2.54. The molecule has 32 heavy (non-hydrogen) atoms. The molecule has 1 aliphatic rings. The topological polar surface area (TPSA) is 40.6 Å². The van der Waals surface area contributed by atoms with Crippen LogP contribution in [0, 0.1) is 0 Å². The van der Waals surface area contributed by atoms with E-state index in [1.807, 2.05) is 88.7 Å². The minimum Gasteiger partial charge on any atom is -0.335 e. The Hall–Kier alpha value is -3.11. The number of hydrogen-bond donors (Lipinski definition) is 0. The Kier molecular flexibility index (Phi) is 7.23. The Labute approximate surface area is 194 Å². The molecule has 3 aromatic carbocycles. The van der Waals surface area contributed by atoms with Crippen LogP contribution in [0.4, 0.5) is 5.69 Å². The Morgan fingerprint density at radius 1 is 0.875 bits per heavy atom. The fraction of sp³-hybridized carbons (Fsp3) is 0.259. The van der Waals surface area contributed by atoms with Crippen LogP contribution in [0.5, 0.6) is 0 Å². The van der Waals surface area contributed by atoms with E-state index in [1.54, 1.807) is 0 Å². The molecule has 0 spiro atoms. The van der Waals surface area contributed by atoms with Crippen LogP contribution in [0.1, 0.15) is 28.8 Å². The number of nitrogens with zero attached hydrogens (tertiary/aromatic N) is 2. The van der Waals surface area contributed by atoms with Crippen LogP contribution in [0.3, 0.4) is 0 Å². The molecule has 0 aromatic heterocycles. The summed E-state index contributed by atoms with van der Waals surface area (Å²) in [6, 6.07) is 29.3. The average molecular weight is 447 g/mol. The number of rotatable bonds is 6. The second-order valence-corrected chi connectivity index (χ2v) is 8.39. The van der Waals surface area contributed by atoms with Crippen LogP contribution in [0.2, 0.25) is 0 Å². The van der Waals surface area contributed by atoms with Gasteiger partial charge in [-0.05, 0) is 49.1 Å². The van der Waals surface area contributed by atoms with Crippen molar-refractivity contribution in [2.75, 3.05) is 17.3 Å². The standard InChI is InChI=1S/C27H27ClN2O2/c28-20-26(31)30(23-14-8-3-9-15-23)24-16-17-29(27(32)22-12-6-2-7-13-22)25(19-24)18-21-10-4-1-5-11-21/h1-15,24-25H,16-20H2. The third kappa shape index (κ3) is 5.03. The summed E-state index contributed by atoms with van der Waals surface area (Å²) in [5.74, 6) is -0.134. The molecular formula is C27H27ClN2O2. The first-order valence-corrected chi connectivity index (χ1v) is 11.5. The fourth-order valence-electron chi connectivity index (χ4n) is 4.57. The molecule has 0 aliphatic carbocycles. The van der Waals surface area contributed by atoms with E-state index in [4.69, 9.17) is 11.6 Å². The van der Waals surface area contributed by atoms with E-state index in [9.17, 15) is 9.59 Å². The van der Waals surface area contributed by atoms with Crippen molar-refractivity contribution >= 4 is 29.1 Å². The molecule has 1 aliphatic heterocycles. The molecule has 2 atom stereocenters. The number of carbonyl (C=O) groups excluding carboxylic acids is 2. The SMILES string of the molecule is O=C(c1ccccc1)N1CCC(N(C(=O)CCl)c2ccccc2)CC1Cc1ccccc1. The maximum Gasteiger partial charge on any atom is 0.254 e. The molecule has 5 heteroatoms. The first-order valence-electron chi connectivity index (χ1n) is 11.0. The largest absolute Gasteiger partial charge is 0.335 e. The van der Waals surface area contributed by atoms with Crippen LogP contribution in [0.15, 0.2) is 91.0 Å². The van der Waals surface area contributed by atoms with E-state index in [2.05, 4.69) is 12.1 Å². The van der Waals surface area contributed by atoms with E-state index in [0.717, 1.165) is 12.1 Å². The molecule has 1 saturated heterocycles. The molecule has 2 unspecified atom stereocenters. The molecule has 4 rings (SSSR count). The van der Waals surface area contributed by atoms with Gasteiger partial charge in [0.05, 0.1) is 0 Å². The van der Waals surface area contributed by atoms with Gasteiger partial charge in [-0.15, -0.1) is 11.6 Å². The molecule has 0 radical (unpaired) electrons. The van der Waals surface area contributed by atoms with Crippen LogP contribution >= 0.6 is 11.6 Å². The summed E-state index contributed by atoms with van der Waals surface area (Å²) in [5.41, 5.74) is 2.73. The third-order valence-electron chi connectivity index (χ3n) is 6.07. The maximum atomic E-state index is 13.4. The lowest BCUT2D eigenvalue weighted by atomic mass is 9.90. The molecule has 1 heterocycles. The zero-order chi connectivity index (χ0) is 22.3. The van der Waals surface area contributed by atoms with E-state index >= 15 is 0 Å². The Morgan fingerprint density at radius 3 is 2.09 bits per heavy atom. The molecule has 0 N–H and O–H groups in total. The monoisotopic (exact) mass is 446 g/mol. The number of carbonyl (C=O) groups is 2. The predicted molar refractivity (Wildman–Crippen MR) is 129 cm³/mol. The minimum atomic E-state index is -0.107. The number of benzene rings is 3. The van der Waals surface area contributed by atoms with Crippen LogP contribution < -0.4 is 4.90 Å². The van der Waals surface area contributed by atoms with Gasteiger partial charge in [-0.1, -0.05) is 66.7 Å². The van der Waals surface area contributed by atoms with Crippen LogP contribution in [0.25, 0.3) is 0 Å².